The molecule has 0 aliphatic carbocycles. The number of amides is 5. The van der Waals surface area contributed by atoms with Gasteiger partial charge in [-0.3, -0.25) is 42.8 Å². The van der Waals surface area contributed by atoms with E-state index in [-0.39, 0.29) is 171 Å². The Morgan fingerprint density at radius 2 is 0.767 bits per heavy atom. The van der Waals surface area contributed by atoms with Crippen LogP contribution in [0, 0.1) is 0 Å². The van der Waals surface area contributed by atoms with Gasteiger partial charge in [-0.1, -0.05) is 40.1 Å². The van der Waals surface area contributed by atoms with Crippen molar-refractivity contribution in [2.75, 3.05) is 146 Å². The topological polar surface area (TPSA) is 703 Å². The summed E-state index contributed by atoms with van der Waals surface area (Å²) in [5.74, 6) is -2.41. The number of carbonyl (C=O) groups excluding carboxylic acids is 5. The Morgan fingerprint density at radius 3 is 1.10 bits per heavy atom. The third-order valence-corrected chi connectivity index (χ3v) is 22.6. The first-order valence-electron chi connectivity index (χ1n) is 44.3. The fourth-order valence-electron chi connectivity index (χ4n) is 14.8. The van der Waals surface area contributed by atoms with Crippen molar-refractivity contribution in [3.8, 4) is 0 Å². The monoisotopic (exact) mass is 1930 g/mol. The molecule has 8 heterocycles. The second-order valence-corrected chi connectivity index (χ2v) is 33.6. The Labute approximate surface area is 767 Å². The number of aliphatic hydroxyl groups is 12. The minimum absolute atomic E-state index is 0.000516. The van der Waals surface area contributed by atoms with Crippen molar-refractivity contribution in [2.24, 2.45) is 0 Å². The van der Waals surface area contributed by atoms with Crippen molar-refractivity contribution in [1.82, 2.24) is 96.4 Å². The number of nitrogens with one attached hydrogen (secondary N) is 5. The van der Waals surface area contributed by atoms with E-state index in [1.165, 1.54) is 34.8 Å². The van der Waals surface area contributed by atoms with Gasteiger partial charge in [0.15, 0.2) is 25.2 Å². The maximum absolute atomic E-state index is 15.2. The highest BCUT2D eigenvalue weighted by Crippen LogP contribution is 2.45. The number of hydrogen-bond acceptors (Lipinski definition) is 44. The lowest BCUT2D eigenvalue weighted by atomic mass is 9.97. The van der Waals surface area contributed by atoms with E-state index in [0.29, 0.717) is 74.3 Å². The number of aliphatic hydroxyl groups excluding tert-OH is 12. The van der Waals surface area contributed by atoms with E-state index in [1.807, 2.05) is 4.90 Å². The van der Waals surface area contributed by atoms with E-state index in [2.05, 4.69) is 72.7 Å². The maximum Gasteiger partial charge on any atom is 0.472 e. The molecule has 4 aromatic rings. The molecule has 0 saturated carbocycles. The zero-order chi connectivity index (χ0) is 96.4. The predicted octanol–water partition coefficient (Wildman–Crippen LogP) is -8.59. The molecule has 4 saturated heterocycles. The van der Waals surface area contributed by atoms with Crippen LogP contribution in [0.1, 0.15) is 109 Å². The summed E-state index contributed by atoms with van der Waals surface area (Å²) in [6.45, 7) is 6.44. The number of methoxy groups -OCH3 is 1. The number of nitrogens with zero attached hydrogens (tertiary/aromatic N) is 14. The molecule has 4 aromatic heterocycles. The summed E-state index contributed by atoms with van der Waals surface area (Å²) in [6, 6.07) is -5.51. The summed E-state index contributed by atoms with van der Waals surface area (Å²) in [4.78, 5) is 77.7. The van der Waals surface area contributed by atoms with E-state index in [0.717, 1.165) is 0 Å². The van der Waals surface area contributed by atoms with Crippen LogP contribution in [0.3, 0.4) is 0 Å². The van der Waals surface area contributed by atoms with Gasteiger partial charge in [-0.2, -0.15) is 0 Å². The normalized spacial score (nSPS) is 26.6. The quantitative estimate of drug-likeness (QED) is 0.0111. The van der Waals surface area contributed by atoms with Gasteiger partial charge in [0.1, 0.15) is 104 Å². The largest absolute Gasteiger partial charge is 0.472 e. The van der Waals surface area contributed by atoms with Crippen molar-refractivity contribution >= 4 is 37.4 Å². The highest BCUT2D eigenvalue weighted by molar-refractivity contribution is 7.47. The minimum atomic E-state index is -4.40. The fourth-order valence-corrected chi connectivity index (χ4v) is 15.8. The summed E-state index contributed by atoms with van der Waals surface area (Å²) in [5, 5.41) is 173. The van der Waals surface area contributed by atoms with Crippen LogP contribution >= 0.6 is 7.82 Å². The number of carbonyl (C=O) groups is 5. The summed E-state index contributed by atoms with van der Waals surface area (Å²) in [6.07, 6.45) is -11.9. The molecule has 8 rings (SSSR count). The molecule has 133 heavy (non-hydrogen) atoms. The van der Waals surface area contributed by atoms with Crippen LogP contribution in [0.2, 0.25) is 0 Å². The van der Waals surface area contributed by atoms with Gasteiger partial charge in [0, 0.05) is 92.3 Å². The molecule has 0 spiro atoms. The van der Waals surface area contributed by atoms with Gasteiger partial charge >= 0.3 is 7.82 Å². The number of hydrogen-bond donors (Lipinski definition) is 18. The standard InChI is InChI=1S/C78H136N19O35P/c1-48(14-22-122-47-117-6)132-133(115,116)127-21-12-8-7-10-15-79-74(114)57(93(37-55-41-96(90-86-55)19-25-120-29-33-125-77-64(82-51(4)104)72(112)68(108)60(45-100)130-77)38-56-42-97(91-87-56)20-26-121-30-34-126-78-65(83-52(5)105)73(113)69(109)61(46-101)131-78)13-9-11-16-92(35-53-39-94(88-84-53)17-23-118-27-31-123-75-62(80-49(2)102)70(110)66(106)58(43-98)128-75)36-54-40-95(89-85-54)18-24-119-28-32-124-76-63(81-50(3)103)71(111)67(107)59(44-99)129-76/h39-42,48,57-73,75-78,98-101,106-113H,7-38,43-47H2,1-6H3,(H,79,114)(H,80,102)(H,81,103)(H,82,104)(H,83,105)(H,115,116)/t48-,57-,58+,59+,60+,61+,62+,63+,64+,65+,66-,67-,68-,69-,70+,71+,72+,73+,75+,76+,77+,78+/m0/s1. The van der Waals surface area contributed by atoms with Crippen molar-refractivity contribution in [1.29, 1.82) is 0 Å². The lowest BCUT2D eigenvalue weighted by Gasteiger charge is -2.42. The van der Waals surface area contributed by atoms with Crippen molar-refractivity contribution < 1.29 is 170 Å². The molecule has 0 aromatic carbocycles. The number of unbranched alkanes of at least 4 members (excludes halogenated alkanes) is 4. The summed E-state index contributed by atoms with van der Waals surface area (Å²) in [5.41, 5.74) is 1.99. The summed E-state index contributed by atoms with van der Waals surface area (Å²) in [7, 11) is -2.92. The molecule has 5 amide bonds. The SMILES string of the molecule is COCOCC[C@H](C)OP(=O)(O)OCCCCCCNC(=O)[C@H](CCCCN(Cc1cn(CCOCCO[C@@H]2O[C@H](CO)[C@H](O)[C@H](O)[C@H]2NC(C)=O)nn1)Cc1cn(CCOCCO[C@@H]2O[C@H](CO)[C@H](O)[C@H](O)[C@H]2NC(C)=O)nn1)N(Cc1cn(CCOCCO[C@@H]2O[C@H](CO)[C@H](O)[C@H](O)[C@H]2NC(C)=O)nn1)Cc1cn(CCOCCO[C@@H]2O[C@H](CO)[C@H](O)[C@H](O)[C@H]2NC(C)=O)nn1. The van der Waals surface area contributed by atoms with Gasteiger partial charge in [0.2, 0.25) is 29.5 Å². The van der Waals surface area contributed by atoms with E-state index in [1.54, 1.807) is 50.4 Å². The van der Waals surface area contributed by atoms with Gasteiger partial charge in [-0.15, -0.1) is 20.4 Å². The molecule has 23 atom stereocenters. The Bertz CT molecular complexity index is 3820. The van der Waals surface area contributed by atoms with Crippen LogP contribution < -0.4 is 26.6 Å². The molecule has 4 aliphatic rings. The lowest BCUT2D eigenvalue weighted by Crippen LogP contribution is -2.64. The fraction of sp³-hybridized carbons (Fsp3) is 0.833. The van der Waals surface area contributed by atoms with E-state index >= 15 is 4.79 Å². The summed E-state index contributed by atoms with van der Waals surface area (Å²) >= 11 is 0. The smallest absolute Gasteiger partial charge is 0.394 e. The van der Waals surface area contributed by atoms with Gasteiger partial charge < -0.3 is 159 Å². The van der Waals surface area contributed by atoms with Gasteiger partial charge in [0.05, 0.1) is 180 Å². The number of rotatable bonds is 66. The van der Waals surface area contributed by atoms with Crippen LogP contribution in [0.15, 0.2) is 24.8 Å². The average Bonchev–Trinajstić information content (AvgIpc) is 1.45. The van der Waals surface area contributed by atoms with Gasteiger partial charge in [-0.25, -0.2) is 23.3 Å². The molecule has 54 nitrogen and oxygen atoms in total. The molecule has 18 N–H and O–H groups in total. The number of phosphoric ester groups is 1. The van der Waals surface area contributed by atoms with E-state index < -0.39 is 193 Å². The molecule has 758 valence electrons. The first-order chi connectivity index (χ1) is 63.9. The first kappa shape index (κ1) is 111. The molecule has 4 aliphatic heterocycles. The van der Waals surface area contributed by atoms with Crippen LogP contribution in [-0.4, -0.2) is 446 Å². The predicted molar refractivity (Wildman–Crippen MR) is 450 cm³/mol. The highest BCUT2D eigenvalue weighted by Gasteiger charge is 2.50. The Hall–Kier alpha value is -7.10. The molecular weight excluding hydrogens is 1790 g/mol. The number of ether oxygens (including phenoxy) is 14. The number of aromatic nitrogens is 12. The van der Waals surface area contributed by atoms with Crippen molar-refractivity contribution in [3.63, 3.8) is 0 Å². The lowest BCUT2D eigenvalue weighted by molar-refractivity contribution is -0.272. The first-order valence-corrected chi connectivity index (χ1v) is 45.8. The maximum atomic E-state index is 15.2. The zero-order valence-electron chi connectivity index (χ0n) is 75.7. The van der Waals surface area contributed by atoms with Crippen LogP contribution in [0.4, 0.5) is 0 Å². The van der Waals surface area contributed by atoms with E-state index in [9.17, 15) is 89.9 Å². The second-order valence-electron chi connectivity index (χ2n) is 32.2. The Morgan fingerprint density at radius 1 is 0.429 bits per heavy atom. The summed E-state index contributed by atoms with van der Waals surface area (Å²) < 4.78 is 109. The van der Waals surface area contributed by atoms with Gasteiger partial charge in [-0.05, 0) is 45.6 Å². The van der Waals surface area contributed by atoms with Crippen molar-refractivity contribution in [2.45, 2.75) is 273 Å². The minimum Gasteiger partial charge on any atom is -0.394 e. The van der Waals surface area contributed by atoms with Crippen LogP contribution in [-0.2, 0) is 156 Å². The highest BCUT2D eigenvalue weighted by atomic mass is 31.2. The second kappa shape index (κ2) is 59.2. The van der Waals surface area contributed by atoms with Crippen molar-refractivity contribution in [3.05, 3.63) is 47.6 Å². The Balaban J connectivity index is 0.977. The zero-order valence-corrected chi connectivity index (χ0v) is 76.6. The average molecular weight is 1930 g/mol. The molecule has 1 unspecified atom stereocenters. The molecular formula is C78H136N19O35P. The molecule has 0 bridgehead atoms. The Kier molecular flexibility index (Phi) is 49.5. The van der Waals surface area contributed by atoms with Crippen LogP contribution in [0.25, 0.3) is 0 Å². The number of phosphoric acid groups is 1. The van der Waals surface area contributed by atoms with E-state index in [4.69, 9.17) is 75.4 Å². The molecule has 55 heteroatoms. The van der Waals surface area contributed by atoms with Gasteiger partial charge in [0.25, 0.3) is 0 Å². The third-order valence-electron chi connectivity index (χ3n) is 21.5. The molecule has 4 fully saturated rings. The molecule has 0 radical (unpaired) electrons. The van der Waals surface area contributed by atoms with Crippen LogP contribution in [0.5, 0.6) is 0 Å². The third kappa shape index (κ3) is 38.0.